The van der Waals surface area contributed by atoms with E-state index in [1.54, 1.807) is 11.1 Å². The van der Waals surface area contributed by atoms with Gasteiger partial charge in [-0.2, -0.15) is 0 Å². The molecule has 0 saturated carbocycles. The third kappa shape index (κ3) is 20.1. The minimum Gasteiger partial charge on any atom is -0.478 e. The molecule has 0 heterocycles. The van der Waals surface area contributed by atoms with Gasteiger partial charge in [0.25, 0.3) is 0 Å². The summed E-state index contributed by atoms with van der Waals surface area (Å²) in [5, 5.41) is 8.74. The van der Waals surface area contributed by atoms with Gasteiger partial charge < -0.3 is 5.11 Å². The molecule has 2 rings (SSSR count). The number of carboxylic acid groups (broad SMARTS) is 1. The highest BCUT2D eigenvalue weighted by molar-refractivity contribution is 5.85. The summed E-state index contributed by atoms with van der Waals surface area (Å²) >= 11 is 0. The molecule has 1 N–H and O–H groups in total. The average Bonchev–Trinajstić information content (AvgIpc) is 2.92. The standard InChI is InChI=1S/C25H48O2.C10H12/c1-3-4-5-6-7-8-9-10-11-12-13-14-15-16-17-18-19-20-21-22-23-24(2)25(26)27;1-2-6-10-8-4-3-7-9(10)5-1/h2-23H2,1H3,(H,26,27);1-2,5-6H,3-4,7-8H2. The zero-order valence-electron chi connectivity index (χ0n) is 24.5. The van der Waals surface area contributed by atoms with Crippen LogP contribution in [0.3, 0.4) is 0 Å². The molecule has 1 aliphatic rings. The topological polar surface area (TPSA) is 37.3 Å². The van der Waals surface area contributed by atoms with E-state index in [0.29, 0.717) is 12.0 Å². The molecule has 0 atom stereocenters. The summed E-state index contributed by atoms with van der Waals surface area (Å²) in [7, 11) is 0. The van der Waals surface area contributed by atoms with Gasteiger partial charge in [-0.1, -0.05) is 160 Å². The van der Waals surface area contributed by atoms with Crippen molar-refractivity contribution in [2.45, 2.75) is 167 Å². The Bertz CT molecular complexity index is 653. The fourth-order valence-corrected chi connectivity index (χ4v) is 5.38. The molecule has 1 aromatic rings. The Morgan fingerprint density at radius 1 is 0.622 bits per heavy atom. The van der Waals surface area contributed by atoms with Crippen LogP contribution in [0.25, 0.3) is 0 Å². The maximum atomic E-state index is 10.6. The number of fused-ring (bicyclic) bond motifs is 1. The first-order chi connectivity index (χ1) is 18.1. The Morgan fingerprint density at radius 3 is 1.27 bits per heavy atom. The zero-order valence-corrected chi connectivity index (χ0v) is 24.5. The number of rotatable bonds is 22. The van der Waals surface area contributed by atoms with Crippen molar-refractivity contribution in [2.24, 2.45) is 0 Å². The lowest BCUT2D eigenvalue weighted by atomic mass is 9.92. The molecule has 0 saturated heterocycles. The summed E-state index contributed by atoms with van der Waals surface area (Å²) in [6, 6.07) is 8.80. The van der Waals surface area contributed by atoms with Gasteiger partial charge in [-0.3, -0.25) is 0 Å². The fourth-order valence-electron chi connectivity index (χ4n) is 5.38. The van der Waals surface area contributed by atoms with E-state index in [9.17, 15) is 4.79 Å². The van der Waals surface area contributed by atoms with Crippen LogP contribution in [0.4, 0.5) is 0 Å². The van der Waals surface area contributed by atoms with Crippen LogP contribution in [-0.2, 0) is 17.6 Å². The van der Waals surface area contributed by atoms with Crippen LogP contribution >= 0.6 is 0 Å². The van der Waals surface area contributed by atoms with Crippen LogP contribution in [0.1, 0.15) is 166 Å². The maximum Gasteiger partial charge on any atom is 0.330 e. The Labute approximate surface area is 230 Å². The van der Waals surface area contributed by atoms with Gasteiger partial charge in [0.2, 0.25) is 0 Å². The third-order valence-electron chi connectivity index (χ3n) is 7.90. The van der Waals surface area contributed by atoms with Crippen molar-refractivity contribution in [3.8, 4) is 0 Å². The first kappa shape index (κ1) is 33.5. The van der Waals surface area contributed by atoms with Gasteiger partial charge in [0.15, 0.2) is 0 Å². The SMILES string of the molecule is C=C(CCCCCCCCCCCCCCCCCCCCCC)C(=O)O.c1ccc2c(c1)CCCC2. The van der Waals surface area contributed by atoms with Crippen molar-refractivity contribution >= 4 is 5.97 Å². The molecule has 0 bridgehead atoms. The number of carbonyl (C=O) groups is 1. The second kappa shape index (κ2) is 24.7. The van der Waals surface area contributed by atoms with Crippen LogP contribution in [0.5, 0.6) is 0 Å². The Kier molecular flexibility index (Phi) is 22.4. The van der Waals surface area contributed by atoms with Gasteiger partial charge in [0.1, 0.15) is 0 Å². The van der Waals surface area contributed by atoms with Crippen molar-refractivity contribution in [1.29, 1.82) is 0 Å². The molecule has 1 aliphatic carbocycles. The molecule has 2 heteroatoms. The largest absolute Gasteiger partial charge is 0.478 e. The van der Waals surface area contributed by atoms with Crippen LogP contribution in [-0.4, -0.2) is 11.1 Å². The van der Waals surface area contributed by atoms with Crippen LogP contribution in [0, 0.1) is 0 Å². The Morgan fingerprint density at radius 2 is 0.946 bits per heavy atom. The monoisotopic (exact) mass is 512 g/mol. The van der Waals surface area contributed by atoms with Gasteiger partial charge in [-0.25, -0.2) is 4.79 Å². The summed E-state index contributed by atoms with van der Waals surface area (Å²) < 4.78 is 0. The van der Waals surface area contributed by atoms with E-state index in [0.717, 1.165) is 12.8 Å². The highest BCUT2D eigenvalue weighted by atomic mass is 16.4. The fraction of sp³-hybridized carbons (Fsp3) is 0.743. The molecule has 0 fully saturated rings. The number of carboxylic acids is 1. The molecular formula is C35H60O2. The Balaban J connectivity index is 0.000000556. The van der Waals surface area contributed by atoms with E-state index < -0.39 is 5.97 Å². The number of aliphatic carboxylic acids is 1. The molecule has 1 aromatic carbocycles. The summed E-state index contributed by atoms with van der Waals surface area (Å²) in [4.78, 5) is 10.6. The van der Waals surface area contributed by atoms with E-state index in [4.69, 9.17) is 5.11 Å². The lowest BCUT2D eigenvalue weighted by molar-refractivity contribution is -0.132. The van der Waals surface area contributed by atoms with Gasteiger partial charge in [0, 0.05) is 5.57 Å². The average molecular weight is 513 g/mol. The summed E-state index contributed by atoms with van der Waals surface area (Å²) in [6.45, 7) is 5.86. The molecule has 0 aromatic heterocycles. The first-order valence-corrected chi connectivity index (χ1v) is 16.1. The van der Waals surface area contributed by atoms with Crippen molar-refractivity contribution in [2.75, 3.05) is 0 Å². The molecule has 212 valence electrons. The molecule has 0 spiro atoms. The predicted molar refractivity (Wildman–Crippen MR) is 162 cm³/mol. The lowest BCUT2D eigenvalue weighted by Gasteiger charge is -2.13. The molecule has 37 heavy (non-hydrogen) atoms. The van der Waals surface area contributed by atoms with Gasteiger partial charge in [0.05, 0.1) is 0 Å². The smallest absolute Gasteiger partial charge is 0.330 e. The summed E-state index contributed by atoms with van der Waals surface area (Å²) in [6.07, 6.45) is 33.5. The summed E-state index contributed by atoms with van der Waals surface area (Å²) in [5.74, 6) is -0.840. The minimum absolute atomic E-state index is 0.359. The van der Waals surface area contributed by atoms with Crippen LogP contribution in [0.15, 0.2) is 36.4 Å². The van der Waals surface area contributed by atoms with Gasteiger partial charge >= 0.3 is 5.97 Å². The van der Waals surface area contributed by atoms with E-state index >= 15 is 0 Å². The number of aryl methyl sites for hydroxylation is 2. The second-order valence-electron chi connectivity index (χ2n) is 11.4. The van der Waals surface area contributed by atoms with E-state index in [-0.39, 0.29) is 0 Å². The summed E-state index contributed by atoms with van der Waals surface area (Å²) in [5.41, 5.74) is 3.51. The molecule has 0 unspecified atom stereocenters. The van der Waals surface area contributed by atoms with Crippen molar-refractivity contribution < 1.29 is 9.90 Å². The zero-order chi connectivity index (χ0) is 26.8. The van der Waals surface area contributed by atoms with Crippen LogP contribution in [0.2, 0.25) is 0 Å². The number of hydrogen-bond donors (Lipinski definition) is 1. The second-order valence-corrected chi connectivity index (χ2v) is 11.4. The molecule has 0 amide bonds. The minimum atomic E-state index is -0.840. The van der Waals surface area contributed by atoms with Gasteiger partial charge in [-0.05, 0) is 49.7 Å². The highest BCUT2D eigenvalue weighted by Gasteiger charge is 2.06. The molecule has 2 nitrogen and oxygen atoms in total. The first-order valence-electron chi connectivity index (χ1n) is 16.1. The number of benzene rings is 1. The van der Waals surface area contributed by atoms with E-state index in [1.165, 1.54) is 141 Å². The third-order valence-corrected chi connectivity index (χ3v) is 7.90. The molecule has 0 radical (unpaired) electrons. The number of hydrogen-bond acceptors (Lipinski definition) is 1. The Hall–Kier alpha value is -1.57. The van der Waals surface area contributed by atoms with Gasteiger partial charge in [-0.15, -0.1) is 0 Å². The highest BCUT2D eigenvalue weighted by Crippen LogP contribution is 2.20. The normalized spacial score (nSPS) is 12.5. The van der Waals surface area contributed by atoms with E-state index in [2.05, 4.69) is 37.8 Å². The quantitative estimate of drug-likeness (QED) is 0.124. The lowest BCUT2D eigenvalue weighted by Crippen LogP contribution is -2.00. The van der Waals surface area contributed by atoms with Crippen LogP contribution < -0.4 is 0 Å². The molecular weight excluding hydrogens is 452 g/mol. The van der Waals surface area contributed by atoms with Crippen molar-refractivity contribution in [3.63, 3.8) is 0 Å². The molecule has 0 aliphatic heterocycles. The maximum absolute atomic E-state index is 10.6. The predicted octanol–water partition coefficient (Wildman–Crippen LogP) is 11.4. The number of unbranched alkanes of at least 4 members (excludes halogenated alkanes) is 19. The van der Waals surface area contributed by atoms with Crippen molar-refractivity contribution in [3.05, 3.63) is 47.5 Å². The van der Waals surface area contributed by atoms with E-state index in [1.807, 2.05) is 0 Å². The van der Waals surface area contributed by atoms with Crippen molar-refractivity contribution in [1.82, 2.24) is 0 Å².